The summed E-state index contributed by atoms with van der Waals surface area (Å²) in [6.07, 6.45) is 1.55. The van der Waals surface area contributed by atoms with Crippen molar-refractivity contribution >= 4 is 23.4 Å². The fraction of sp³-hybridized carbons (Fsp3) is 0.158. The molecule has 2 aromatic carbocycles. The zero-order valence-electron chi connectivity index (χ0n) is 14.3. The number of aryl methyl sites for hydroxylation is 1. The summed E-state index contributed by atoms with van der Waals surface area (Å²) in [5.41, 5.74) is 2.36. The number of thioether (sulfide) groups is 1. The molecule has 1 aromatic heterocycles. The summed E-state index contributed by atoms with van der Waals surface area (Å²) in [5, 5.41) is 3.19. The predicted molar refractivity (Wildman–Crippen MR) is 99.0 cm³/mol. The van der Waals surface area contributed by atoms with E-state index in [4.69, 9.17) is 9.15 Å². The van der Waals surface area contributed by atoms with Gasteiger partial charge in [-0.1, -0.05) is 17.8 Å². The Hall–Kier alpha value is -2.80. The number of carbonyl (C=O) groups is 1. The molecule has 0 atom stereocenters. The van der Waals surface area contributed by atoms with Crippen LogP contribution in [-0.2, 0) is 4.79 Å². The predicted octanol–water partition coefficient (Wildman–Crippen LogP) is 4.53. The highest BCUT2D eigenvalue weighted by atomic mass is 32.2. The molecule has 0 saturated heterocycles. The van der Waals surface area contributed by atoms with E-state index in [9.17, 15) is 9.18 Å². The normalized spacial score (nSPS) is 10.6. The van der Waals surface area contributed by atoms with Crippen molar-refractivity contribution < 1.29 is 18.3 Å². The third kappa shape index (κ3) is 4.43. The van der Waals surface area contributed by atoms with Gasteiger partial charge >= 0.3 is 0 Å². The second-order valence-electron chi connectivity index (χ2n) is 5.54. The van der Waals surface area contributed by atoms with Gasteiger partial charge in [0.25, 0.3) is 5.22 Å². The van der Waals surface area contributed by atoms with E-state index in [0.29, 0.717) is 22.4 Å². The van der Waals surface area contributed by atoms with Crippen LogP contribution in [0.2, 0.25) is 0 Å². The molecule has 0 bridgehead atoms. The molecular formula is C19H17FN2O3S. The zero-order valence-corrected chi connectivity index (χ0v) is 15.1. The van der Waals surface area contributed by atoms with Crippen LogP contribution in [-0.4, -0.2) is 23.8 Å². The van der Waals surface area contributed by atoms with Crippen molar-refractivity contribution in [1.82, 2.24) is 4.98 Å². The smallest absolute Gasteiger partial charge is 0.256 e. The summed E-state index contributed by atoms with van der Waals surface area (Å²) < 4.78 is 23.8. The molecule has 0 aliphatic carbocycles. The quantitative estimate of drug-likeness (QED) is 0.644. The van der Waals surface area contributed by atoms with Gasteiger partial charge in [-0.25, -0.2) is 9.37 Å². The Bertz CT molecular complexity index is 909. The first-order valence-electron chi connectivity index (χ1n) is 7.84. The molecule has 0 spiro atoms. The van der Waals surface area contributed by atoms with E-state index < -0.39 is 0 Å². The molecule has 7 heteroatoms. The number of halogens is 1. The van der Waals surface area contributed by atoms with E-state index in [1.807, 2.05) is 19.1 Å². The molecule has 0 fully saturated rings. The van der Waals surface area contributed by atoms with Gasteiger partial charge in [-0.2, -0.15) is 0 Å². The van der Waals surface area contributed by atoms with Gasteiger partial charge in [0, 0.05) is 5.56 Å². The molecule has 0 radical (unpaired) electrons. The van der Waals surface area contributed by atoms with E-state index in [2.05, 4.69) is 10.3 Å². The van der Waals surface area contributed by atoms with Gasteiger partial charge in [-0.05, 0) is 48.9 Å². The lowest BCUT2D eigenvalue weighted by atomic mass is 10.2. The minimum absolute atomic E-state index is 0.139. The lowest BCUT2D eigenvalue weighted by Gasteiger charge is -2.10. The second-order valence-corrected chi connectivity index (χ2v) is 6.46. The fourth-order valence-corrected chi connectivity index (χ4v) is 2.91. The van der Waals surface area contributed by atoms with E-state index in [1.54, 1.807) is 31.5 Å². The second kappa shape index (κ2) is 8.05. The van der Waals surface area contributed by atoms with Crippen molar-refractivity contribution in [2.24, 2.45) is 0 Å². The van der Waals surface area contributed by atoms with Crippen molar-refractivity contribution in [3.8, 4) is 17.1 Å². The lowest BCUT2D eigenvalue weighted by molar-refractivity contribution is -0.113. The van der Waals surface area contributed by atoms with Crippen LogP contribution in [0, 0.1) is 12.7 Å². The summed E-state index contributed by atoms with van der Waals surface area (Å²) in [6.45, 7) is 1.94. The number of ether oxygens (including phenoxy) is 1. The molecule has 0 aliphatic rings. The van der Waals surface area contributed by atoms with Gasteiger partial charge in [-0.3, -0.25) is 4.79 Å². The average molecular weight is 372 g/mol. The summed E-state index contributed by atoms with van der Waals surface area (Å²) in [7, 11) is 1.55. The van der Waals surface area contributed by atoms with E-state index in [-0.39, 0.29) is 17.5 Å². The Kier molecular flexibility index (Phi) is 5.58. The maximum absolute atomic E-state index is 13.0. The third-order valence-corrected chi connectivity index (χ3v) is 4.41. The number of aromatic nitrogens is 1. The minimum Gasteiger partial charge on any atom is -0.495 e. The topological polar surface area (TPSA) is 64.4 Å². The van der Waals surface area contributed by atoms with Crippen molar-refractivity contribution in [2.75, 3.05) is 18.2 Å². The van der Waals surface area contributed by atoms with Crippen LogP contribution < -0.4 is 10.1 Å². The van der Waals surface area contributed by atoms with Gasteiger partial charge in [-0.15, -0.1) is 0 Å². The number of oxazole rings is 1. The SMILES string of the molecule is COc1ccc(C)cc1NC(=O)CSc1ncc(-c2ccc(F)cc2)o1. The maximum atomic E-state index is 13.0. The maximum Gasteiger partial charge on any atom is 0.256 e. The van der Waals surface area contributed by atoms with Crippen molar-refractivity contribution in [3.63, 3.8) is 0 Å². The first-order chi connectivity index (χ1) is 12.5. The Morgan fingerprint density at radius 3 is 2.77 bits per heavy atom. The van der Waals surface area contributed by atoms with Crippen LogP contribution >= 0.6 is 11.8 Å². The summed E-state index contributed by atoms with van der Waals surface area (Å²) in [5.74, 6) is 0.754. The Morgan fingerprint density at radius 2 is 2.04 bits per heavy atom. The van der Waals surface area contributed by atoms with Crippen LogP contribution in [0.3, 0.4) is 0 Å². The van der Waals surface area contributed by atoms with Gasteiger partial charge in [0.1, 0.15) is 11.6 Å². The average Bonchev–Trinajstić information content (AvgIpc) is 3.10. The third-order valence-electron chi connectivity index (χ3n) is 3.57. The molecule has 5 nitrogen and oxygen atoms in total. The molecule has 1 N–H and O–H groups in total. The molecule has 1 amide bonds. The molecule has 1 heterocycles. The van der Waals surface area contributed by atoms with Gasteiger partial charge in [0.05, 0.1) is 24.7 Å². The van der Waals surface area contributed by atoms with Gasteiger partial charge < -0.3 is 14.5 Å². The monoisotopic (exact) mass is 372 g/mol. The van der Waals surface area contributed by atoms with Gasteiger partial charge in [0.15, 0.2) is 5.76 Å². The number of nitrogens with zero attached hydrogens (tertiary/aromatic N) is 1. The number of nitrogens with one attached hydrogen (secondary N) is 1. The van der Waals surface area contributed by atoms with Crippen molar-refractivity contribution in [3.05, 3.63) is 60.0 Å². The van der Waals surface area contributed by atoms with Crippen LogP contribution in [0.4, 0.5) is 10.1 Å². The molecule has 3 aromatic rings. The molecule has 3 rings (SSSR count). The number of hydrogen-bond acceptors (Lipinski definition) is 5. The molecule has 0 aliphatic heterocycles. The highest BCUT2D eigenvalue weighted by molar-refractivity contribution is 7.99. The summed E-state index contributed by atoms with van der Waals surface area (Å²) >= 11 is 1.18. The standard InChI is InChI=1S/C19H17FN2O3S/c1-12-3-8-16(24-2)15(9-12)22-18(23)11-26-19-21-10-17(25-19)13-4-6-14(20)7-5-13/h3-10H,11H2,1-2H3,(H,22,23). The molecule has 26 heavy (non-hydrogen) atoms. The fourth-order valence-electron chi connectivity index (χ4n) is 2.31. The Balaban J connectivity index is 1.60. The number of benzene rings is 2. The lowest BCUT2D eigenvalue weighted by Crippen LogP contribution is -2.14. The molecule has 0 unspecified atom stereocenters. The minimum atomic E-state index is -0.314. The van der Waals surface area contributed by atoms with E-state index in [1.165, 1.54) is 23.9 Å². The number of rotatable bonds is 6. The highest BCUT2D eigenvalue weighted by Gasteiger charge is 2.12. The molecular weight excluding hydrogens is 355 g/mol. The largest absolute Gasteiger partial charge is 0.495 e. The van der Waals surface area contributed by atoms with Crippen LogP contribution in [0.1, 0.15) is 5.56 Å². The van der Waals surface area contributed by atoms with Crippen LogP contribution in [0.5, 0.6) is 5.75 Å². The first kappa shape index (κ1) is 18.0. The number of carbonyl (C=O) groups excluding carboxylic acids is 1. The van der Waals surface area contributed by atoms with Gasteiger partial charge in [0.2, 0.25) is 5.91 Å². The van der Waals surface area contributed by atoms with Crippen molar-refractivity contribution in [2.45, 2.75) is 12.1 Å². The number of amides is 1. The molecule has 0 saturated carbocycles. The first-order valence-corrected chi connectivity index (χ1v) is 8.83. The number of anilines is 1. The summed E-state index contributed by atoms with van der Waals surface area (Å²) in [4.78, 5) is 16.3. The van der Waals surface area contributed by atoms with Crippen LogP contribution in [0.25, 0.3) is 11.3 Å². The number of methoxy groups -OCH3 is 1. The highest BCUT2D eigenvalue weighted by Crippen LogP contribution is 2.27. The zero-order chi connectivity index (χ0) is 18.5. The van der Waals surface area contributed by atoms with Crippen LogP contribution in [0.15, 0.2) is 58.3 Å². The number of hydrogen-bond donors (Lipinski definition) is 1. The summed E-state index contributed by atoms with van der Waals surface area (Å²) in [6, 6.07) is 11.5. The van der Waals surface area contributed by atoms with E-state index >= 15 is 0 Å². The Labute approximate surface area is 154 Å². The van der Waals surface area contributed by atoms with E-state index in [0.717, 1.165) is 11.1 Å². The molecule has 134 valence electrons. The van der Waals surface area contributed by atoms with Crippen molar-refractivity contribution in [1.29, 1.82) is 0 Å². The Morgan fingerprint density at radius 1 is 1.27 bits per heavy atom.